The quantitative estimate of drug-likeness (QED) is 0.787. The minimum Gasteiger partial charge on any atom is -0.506 e. The average molecular weight is 420 g/mol. The van der Waals surface area contributed by atoms with Crippen LogP contribution in [-0.4, -0.2) is 35.5 Å². The summed E-state index contributed by atoms with van der Waals surface area (Å²) in [5, 5.41) is 12.6. The van der Waals surface area contributed by atoms with Crippen molar-refractivity contribution < 1.29 is 9.90 Å². The van der Waals surface area contributed by atoms with E-state index in [-0.39, 0.29) is 11.7 Å². The molecular weight excluding hydrogens is 400 g/mol. The van der Waals surface area contributed by atoms with E-state index in [2.05, 4.69) is 42.1 Å². The van der Waals surface area contributed by atoms with Gasteiger partial charge in [0.1, 0.15) is 5.75 Å². The van der Waals surface area contributed by atoms with E-state index in [0.717, 1.165) is 39.0 Å². The van der Waals surface area contributed by atoms with Crippen LogP contribution in [0.4, 0.5) is 0 Å². The first-order valence-electron chi connectivity index (χ1n) is 7.09. The Morgan fingerprint density at radius 1 is 1.33 bits per heavy atom. The molecule has 0 aliphatic carbocycles. The molecule has 116 valence electrons. The molecule has 2 rings (SSSR count). The topological polar surface area (TPSA) is 52.6 Å². The molecule has 1 aliphatic heterocycles. The van der Waals surface area contributed by atoms with E-state index in [9.17, 15) is 9.90 Å². The number of phenols is 1. The molecule has 1 aliphatic rings. The van der Waals surface area contributed by atoms with Gasteiger partial charge in [-0.3, -0.25) is 9.69 Å². The molecule has 2 N–H and O–H groups in total. The summed E-state index contributed by atoms with van der Waals surface area (Å²) in [7, 11) is 0. The van der Waals surface area contributed by atoms with Gasteiger partial charge in [0.2, 0.25) is 5.91 Å². The number of hydrogen-bond acceptors (Lipinski definition) is 3. The Balaban J connectivity index is 1.85. The molecule has 1 amide bonds. The number of phenolic OH excluding ortho intramolecular Hbond substituents is 1. The zero-order chi connectivity index (χ0) is 15.4. The molecule has 1 aromatic rings. The molecule has 1 aromatic carbocycles. The maximum absolute atomic E-state index is 10.9. The standard InChI is InChI=1S/C15H20Br2N2O2/c1-10(20)18-8-11-2-4-19(5-3-11)9-12-6-13(16)15(21)14(17)7-12/h6-7,11,21H,2-5,8-9H2,1H3,(H,18,20). The highest BCUT2D eigenvalue weighted by atomic mass is 79.9. The van der Waals surface area contributed by atoms with Crippen LogP contribution in [0.25, 0.3) is 0 Å². The average Bonchev–Trinajstić information content (AvgIpc) is 2.44. The second kappa shape index (κ2) is 7.61. The van der Waals surface area contributed by atoms with Gasteiger partial charge in [0.05, 0.1) is 8.95 Å². The van der Waals surface area contributed by atoms with Crippen LogP contribution in [0.2, 0.25) is 0 Å². The summed E-state index contributed by atoms with van der Waals surface area (Å²) in [6.45, 7) is 5.32. The number of carbonyl (C=O) groups is 1. The van der Waals surface area contributed by atoms with Crippen molar-refractivity contribution >= 4 is 37.8 Å². The number of hydrogen-bond donors (Lipinski definition) is 2. The van der Waals surface area contributed by atoms with Gasteiger partial charge in [0.15, 0.2) is 0 Å². The third-order valence-electron chi connectivity index (χ3n) is 3.83. The minimum absolute atomic E-state index is 0.0521. The van der Waals surface area contributed by atoms with Crippen LogP contribution in [-0.2, 0) is 11.3 Å². The summed E-state index contributed by atoms with van der Waals surface area (Å²) in [5.74, 6) is 0.882. The number of amides is 1. The van der Waals surface area contributed by atoms with E-state index in [1.807, 2.05) is 12.1 Å². The van der Waals surface area contributed by atoms with Crippen LogP contribution in [0.5, 0.6) is 5.75 Å². The Bertz CT molecular complexity index is 491. The molecule has 21 heavy (non-hydrogen) atoms. The Hall–Kier alpha value is -0.590. The van der Waals surface area contributed by atoms with Crippen molar-refractivity contribution in [3.8, 4) is 5.75 Å². The van der Waals surface area contributed by atoms with Gasteiger partial charge in [0.25, 0.3) is 0 Å². The van der Waals surface area contributed by atoms with Crippen molar-refractivity contribution in [2.75, 3.05) is 19.6 Å². The van der Waals surface area contributed by atoms with Crippen LogP contribution < -0.4 is 5.32 Å². The van der Waals surface area contributed by atoms with Gasteiger partial charge in [-0.1, -0.05) is 0 Å². The summed E-state index contributed by atoms with van der Waals surface area (Å²) < 4.78 is 1.43. The highest BCUT2D eigenvalue weighted by molar-refractivity contribution is 9.11. The van der Waals surface area contributed by atoms with Gasteiger partial charge in [0, 0.05) is 20.0 Å². The SMILES string of the molecule is CC(=O)NCC1CCN(Cc2cc(Br)c(O)c(Br)c2)CC1. The molecular formula is C15H20Br2N2O2. The van der Waals surface area contributed by atoms with Gasteiger partial charge in [-0.15, -0.1) is 0 Å². The van der Waals surface area contributed by atoms with Gasteiger partial charge in [-0.25, -0.2) is 0 Å². The molecule has 1 heterocycles. The van der Waals surface area contributed by atoms with E-state index in [1.54, 1.807) is 6.92 Å². The molecule has 4 nitrogen and oxygen atoms in total. The molecule has 0 atom stereocenters. The van der Waals surface area contributed by atoms with Gasteiger partial charge in [-0.05, 0) is 81.4 Å². The van der Waals surface area contributed by atoms with Crippen molar-refractivity contribution in [1.29, 1.82) is 0 Å². The number of nitrogens with zero attached hydrogens (tertiary/aromatic N) is 1. The van der Waals surface area contributed by atoms with Crippen molar-refractivity contribution in [3.63, 3.8) is 0 Å². The summed E-state index contributed by atoms with van der Waals surface area (Å²) in [6, 6.07) is 3.92. The minimum atomic E-state index is 0.0521. The lowest BCUT2D eigenvalue weighted by atomic mass is 9.96. The first-order chi connectivity index (χ1) is 9.95. The monoisotopic (exact) mass is 418 g/mol. The molecule has 0 bridgehead atoms. The Morgan fingerprint density at radius 2 is 1.90 bits per heavy atom. The van der Waals surface area contributed by atoms with E-state index < -0.39 is 0 Å². The second-order valence-electron chi connectivity index (χ2n) is 5.56. The molecule has 1 fully saturated rings. The zero-order valence-corrected chi connectivity index (χ0v) is 15.2. The Labute approximate surface area is 142 Å². The van der Waals surface area contributed by atoms with Crippen LogP contribution >= 0.6 is 31.9 Å². The predicted molar refractivity (Wildman–Crippen MR) is 90.2 cm³/mol. The molecule has 6 heteroatoms. The second-order valence-corrected chi connectivity index (χ2v) is 7.27. The number of piperidine rings is 1. The number of likely N-dealkylation sites (tertiary alicyclic amines) is 1. The first-order valence-corrected chi connectivity index (χ1v) is 8.68. The lowest BCUT2D eigenvalue weighted by Gasteiger charge is -2.32. The van der Waals surface area contributed by atoms with Crippen molar-refractivity contribution in [3.05, 3.63) is 26.6 Å². The Morgan fingerprint density at radius 3 is 2.43 bits per heavy atom. The molecule has 0 radical (unpaired) electrons. The highest BCUT2D eigenvalue weighted by Gasteiger charge is 2.19. The van der Waals surface area contributed by atoms with Crippen LogP contribution in [0, 0.1) is 5.92 Å². The smallest absolute Gasteiger partial charge is 0.216 e. The molecule has 0 spiro atoms. The third-order valence-corrected chi connectivity index (χ3v) is 5.04. The number of rotatable bonds is 4. The van der Waals surface area contributed by atoms with E-state index in [1.165, 1.54) is 5.56 Å². The maximum Gasteiger partial charge on any atom is 0.216 e. The van der Waals surface area contributed by atoms with E-state index >= 15 is 0 Å². The molecule has 0 saturated carbocycles. The van der Waals surface area contributed by atoms with E-state index in [0.29, 0.717) is 14.9 Å². The lowest BCUT2D eigenvalue weighted by molar-refractivity contribution is -0.119. The van der Waals surface area contributed by atoms with Gasteiger partial charge in [-0.2, -0.15) is 0 Å². The highest BCUT2D eigenvalue weighted by Crippen LogP contribution is 2.34. The summed E-state index contributed by atoms with van der Waals surface area (Å²) in [6.07, 6.45) is 2.22. The summed E-state index contributed by atoms with van der Waals surface area (Å²) in [4.78, 5) is 13.3. The van der Waals surface area contributed by atoms with Crippen LogP contribution in [0.3, 0.4) is 0 Å². The van der Waals surface area contributed by atoms with Gasteiger partial charge >= 0.3 is 0 Å². The fraction of sp³-hybridized carbons (Fsp3) is 0.533. The largest absolute Gasteiger partial charge is 0.506 e. The number of aromatic hydroxyl groups is 1. The fourth-order valence-corrected chi connectivity index (χ4v) is 3.89. The predicted octanol–water partition coefficient (Wildman–Crippen LogP) is 3.27. The number of benzene rings is 1. The van der Waals surface area contributed by atoms with Crippen molar-refractivity contribution in [2.45, 2.75) is 26.3 Å². The lowest BCUT2D eigenvalue weighted by Crippen LogP contribution is -2.37. The van der Waals surface area contributed by atoms with Crippen molar-refractivity contribution in [2.24, 2.45) is 5.92 Å². The number of nitrogens with one attached hydrogen (secondary N) is 1. The van der Waals surface area contributed by atoms with E-state index in [4.69, 9.17) is 0 Å². The van der Waals surface area contributed by atoms with Gasteiger partial charge < -0.3 is 10.4 Å². The first kappa shape index (κ1) is 16.8. The Kier molecular flexibility index (Phi) is 6.08. The summed E-state index contributed by atoms with van der Waals surface area (Å²) >= 11 is 6.73. The third kappa shape index (κ3) is 4.97. The molecule has 0 unspecified atom stereocenters. The maximum atomic E-state index is 10.9. The molecule has 0 aromatic heterocycles. The number of carbonyl (C=O) groups excluding carboxylic acids is 1. The number of halogens is 2. The summed E-state index contributed by atoms with van der Waals surface area (Å²) in [5.41, 5.74) is 1.17. The van der Waals surface area contributed by atoms with Crippen LogP contribution in [0.1, 0.15) is 25.3 Å². The molecule has 1 saturated heterocycles. The normalized spacial score (nSPS) is 16.9. The van der Waals surface area contributed by atoms with Crippen LogP contribution in [0.15, 0.2) is 21.1 Å². The zero-order valence-electron chi connectivity index (χ0n) is 12.0. The fourth-order valence-electron chi connectivity index (χ4n) is 2.60. The van der Waals surface area contributed by atoms with Crippen molar-refractivity contribution in [1.82, 2.24) is 10.2 Å².